The van der Waals surface area contributed by atoms with Crippen molar-refractivity contribution in [2.45, 2.75) is 19.3 Å². The van der Waals surface area contributed by atoms with Crippen LogP contribution in [-0.4, -0.2) is 14.4 Å². The summed E-state index contributed by atoms with van der Waals surface area (Å²) in [5.74, 6) is 0.702. The summed E-state index contributed by atoms with van der Waals surface area (Å²) in [6.07, 6.45) is 5.83. The first-order valence-electron chi connectivity index (χ1n) is 18.7. The van der Waals surface area contributed by atoms with Crippen LogP contribution in [0.15, 0.2) is 164 Å². The minimum absolute atomic E-state index is 0.127. The second-order valence-corrected chi connectivity index (χ2v) is 15.4. The summed E-state index contributed by atoms with van der Waals surface area (Å²) in [6.45, 7) is 4.76. The quantitative estimate of drug-likeness (QED) is 0.173. The number of nitrogens with zero attached hydrogens (tertiary/aromatic N) is 3. The van der Waals surface area contributed by atoms with Gasteiger partial charge in [0.15, 0.2) is 0 Å². The molecule has 0 spiro atoms. The number of benzene rings is 8. The Morgan fingerprint density at radius 1 is 0.463 bits per heavy atom. The fraction of sp³-hybridized carbons (Fsp3) is 0.0588. The molecule has 2 aromatic heterocycles. The molecule has 0 radical (unpaired) electrons. The van der Waals surface area contributed by atoms with Gasteiger partial charge in [-0.15, -0.1) is 0 Å². The lowest BCUT2D eigenvalue weighted by molar-refractivity contribution is 0.661. The summed E-state index contributed by atoms with van der Waals surface area (Å²) >= 11 is 0. The minimum Gasteiger partial charge on any atom is -0.291 e. The third-order valence-corrected chi connectivity index (χ3v) is 12.2. The Morgan fingerprint density at radius 3 is 1.89 bits per heavy atom. The van der Waals surface area contributed by atoms with Crippen molar-refractivity contribution in [1.82, 2.24) is 14.4 Å². The van der Waals surface area contributed by atoms with E-state index in [0.717, 1.165) is 11.3 Å². The Hall–Kier alpha value is -6.84. The third-order valence-electron chi connectivity index (χ3n) is 12.2. The van der Waals surface area contributed by atoms with Crippen molar-refractivity contribution in [2.24, 2.45) is 0 Å². The molecular formula is C51H33N3. The molecule has 0 unspecified atom stereocenters. The molecule has 10 aromatic rings. The van der Waals surface area contributed by atoms with E-state index in [-0.39, 0.29) is 5.41 Å². The van der Waals surface area contributed by atoms with E-state index < -0.39 is 0 Å². The highest BCUT2D eigenvalue weighted by Gasteiger charge is 2.36. The third kappa shape index (κ3) is 3.91. The average Bonchev–Trinajstić information content (AvgIpc) is 3.86. The van der Waals surface area contributed by atoms with E-state index in [9.17, 15) is 0 Å². The van der Waals surface area contributed by atoms with Crippen molar-refractivity contribution in [1.29, 1.82) is 0 Å². The molecule has 2 heterocycles. The fourth-order valence-electron chi connectivity index (χ4n) is 9.77. The highest BCUT2D eigenvalue weighted by molar-refractivity contribution is 6.27. The first-order valence-corrected chi connectivity index (χ1v) is 18.7. The van der Waals surface area contributed by atoms with E-state index in [1.165, 1.54) is 99.1 Å². The number of hydrogen-bond acceptors (Lipinski definition) is 2. The maximum Gasteiger partial charge on any atom is 0.234 e. The second-order valence-electron chi connectivity index (χ2n) is 15.4. The minimum atomic E-state index is -0.127. The summed E-state index contributed by atoms with van der Waals surface area (Å²) in [5.41, 5.74) is 17.6. The van der Waals surface area contributed by atoms with E-state index in [0.29, 0.717) is 5.78 Å². The standard InChI is InChI=1S/C51H33N3/c1-51(2)44-18-8-7-13-34(44)41-27-42-43(28-45(41)51)47(31-21-19-30(20-22-31)46-29-54-26-10-25-52-50(54)53-46)36-14-5-6-15-37(36)49(42)40-24-23-39-33-12-4-3-11-32(33)35-16-9-17-38(40)48(35)39/h3-29H,1-2H3. The lowest BCUT2D eigenvalue weighted by Crippen LogP contribution is -2.14. The molecule has 0 N–H and O–H groups in total. The van der Waals surface area contributed by atoms with Crippen molar-refractivity contribution in [3.05, 3.63) is 175 Å². The lowest BCUT2D eigenvalue weighted by Gasteiger charge is -2.24. The van der Waals surface area contributed by atoms with Crippen LogP contribution in [0.25, 0.3) is 105 Å². The van der Waals surface area contributed by atoms with Gasteiger partial charge in [0, 0.05) is 29.6 Å². The number of rotatable bonds is 3. The molecule has 0 fully saturated rings. The number of hydrogen-bond donors (Lipinski definition) is 0. The Morgan fingerprint density at radius 2 is 1.09 bits per heavy atom. The zero-order valence-corrected chi connectivity index (χ0v) is 29.9. The zero-order chi connectivity index (χ0) is 35.7. The fourth-order valence-corrected chi connectivity index (χ4v) is 9.77. The number of imidazole rings is 1. The molecule has 0 saturated heterocycles. The van der Waals surface area contributed by atoms with Gasteiger partial charge in [-0.05, 0) is 117 Å². The van der Waals surface area contributed by atoms with Crippen molar-refractivity contribution in [3.63, 3.8) is 0 Å². The SMILES string of the molecule is CC1(C)c2ccccc2-c2cc3c(-c4ccc5c6c(cccc46)-c4ccccc4-5)c4ccccc4c(-c4ccc(-c5cn6cccnc6n5)cc4)c3cc21. The molecule has 0 bridgehead atoms. The topological polar surface area (TPSA) is 30.2 Å². The van der Waals surface area contributed by atoms with Crippen LogP contribution in [0.5, 0.6) is 0 Å². The van der Waals surface area contributed by atoms with Crippen LogP contribution in [0.2, 0.25) is 0 Å². The van der Waals surface area contributed by atoms with Gasteiger partial charge in [-0.3, -0.25) is 4.40 Å². The Kier molecular flexibility index (Phi) is 5.84. The molecule has 0 atom stereocenters. The smallest absolute Gasteiger partial charge is 0.234 e. The van der Waals surface area contributed by atoms with E-state index in [4.69, 9.17) is 4.98 Å². The van der Waals surface area contributed by atoms with Gasteiger partial charge in [-0.25, -0.2) is 9.97 Å². The van der Waals surface area contributed by atoms with Gasteiger partial charge < -0.3 is 0 Å². The van der Waals surface area contributed by atoms with Gasteiger partial charge in [0.05, 0.1) is 5.69 Å². The van der Waals surface area contributed by atoms with Crippen LogP contribution < -0.4 is 0 Å². The second kappa shape index (κ2) is 10.6. The molecule has 0 aliphatic heterocycles. The molecule has 0 amide bonds. The van der Waals surface area contributed by atoms with Crippen LogP contribution in [0.1, 0.15) is 25.0 Å². The van der Waals surface area contributed by atoms with Gasteiger partial charge in [-0.2, -0.15) is 0 Å². The monoisotopic (exact) mass is 687 g/mol. The molecule has 2 aliphatic carbocycles. The first-order chi connectivity index (χ1) is 26.5. The summed E-state index contributed by atoms with van der Waals surface area (Å²) in [6, 6.07) is 54.4. The van der Waals surface area contributed by atoms with Crippen LogP contribution in [0.3, 0.4) is 0 Å². The Balaban J connectivity index is 1.17. The maximum atomic E-state index is 4.81. The molecule has 54 heavy (non-hydrogen) atoms. The van der Waals surface area contributed by atoms with E-state index in [2.05, 4.69) is 165 Å². The highest BCUT2D eigenvalue weighted by atomic mass is 15.1. The maximum absolute atomic E-state index is 4.81. The predicted molar refractivity (Wildman–Crippen MR) is 224 cm³/mol. The molecule has 3 heteroatoms. The summed E-state index contributed by atoms with van der Waals surface area (Å²) < 4.78 is 1.97. The summed E-state index contributed by atoms with van der Waals surface area (Å²) in [4.78, 5) is 9.26. The molecule has 12 rings (SSSR count). The van der Waals surface area contributed by atoms with Crippen LogP contribution in [0, 0.1) is 0 Å². The molecular weight excluding hydrogens is 655 g/mol. The van der Waals surface area contributed by atoms with Crippen LogP contribution >= 0.6 is 0 Å². The van der Waals surface area contributed by atoms with Crippen LogP contribution in [-0.2, 0) is 5.41 Å². The Bertz CT molecular complexity index is 3170. The number of aromatic nitrogens is 3. The van der Waals surface area contributed by atoms with Crippen molar-refractivity contribution in [2.75, 3.05) is 0 Å². The first kappa shape index (κ1) is 29.7. The van der Waals surface area contributed by atoms with Gasteiger partial charge >= 0.3 is 0 Å². The van der Waals surface area contributed by atoms with E-state index in [1.807, 2.05) is 16.7 Å². The van der Waals surface area contributed by atoms with Crippen molar-refractivity contribution >= 4 is 38.1 Å². The highest BCUT2D eigenvalue weighted by Crippen LogP contribution is 2.55. The van der Waals surface area contributed by atoms with Gasteiger partial charge in [-0.1, -0.05) is 141 Å². The molecule has 8 aromatic carbocycles. The van der Waals surface area contributed by atoms with E-state index in [1.54, 1.807) is 6.20 Å². The predicted octanol–water partition coefficient (Wildman–Crippen LogP) is 13.1. The lowest BCUT2D eigenvalue weighted by atomic mass is 9.79. The van der Waals surface area contributed by atoms with Gasteiger partial charge in [0.2, 0.25) is 5.78 Å². The molecule has 3 nitrogen and oxygen atoms in total. The van der Waals surface area contributed by atoms with Crippen molar-refractivity contribution < 1.29 is 0 Å². The van der Waals surface area contributed by atoms with Crippen molar-refractivity contribution in [3.8, 4) is 66.9 Å². The molecule has 252 valence electrons. The average molecular weight is 688 g/mol. The summed E-state index contributed by atoms with van der Waals surface area (Å²) in [7, 11) is 0. The zero-order valence-electron chi connectivity index (χ0n) is 29.9. The molecule has 2 aliphatic rings. The van der Waals surface area contributed by atoms with Gasteiger partial charge in [0.1, 0.15) is 0 Å². The van der Waals surface area contributed by atoms with Crippen LogP contribution in [0.4, 0.5) is 0 Å². The normalized spacial score (nSPS) is 13.5. The van der Waals surface area contributed by atoms with E-state index >= 15 is 0 Å². The van der Waals surface area contributed by atoms with Gasteiger partial charge in [0.25, 0.3) is 0 Å². The molecule has 0 saturated carbocycles. The largest absolute Gasteiger partial charge is 0.291 e. The number of fused-ring (bicyclic) bond motifs is 9. The summed E-state index contributed by atoms with van der Waals surface area (Å²) in [5, 5.41) is 7.72. The Labute approximate surface area is 312 Å².